The molecule has 1 heterocycles. The zero-order chi connectivity index (χ0) is 30.5. The first-order chi connectivity index (χ1) is 19.0. The van der Waals surface area contributed by atoms with E-state index >= 15 is 0 Å². The maximum atomic E-state index is 14.0. The molecule has 41 heavy (non-hydrogen) atoms. The molecule has 0 bridgehead atoms. The molecule has 8 nitrogen and oxygen atoms in total. The van der Waals surface area contributed by atoms with Gasteiger partial charge < -0.3 is 14.2 Å². The van der Waals surface area contributed by atoms with E-state index in [1.54, 1.807) is 53.7 Å². The van der Waals surface area contributed by atoms with Crippen molar-refractivity contribution in [2.75, 3.05) is 24.6 Å². The van der Waals surface area contributed by atoms with Gasteiger partial charge >= 0.3 is 18.1 Å². The highest BCUT2D eigenvalue weighted by atomic mass is 19.1. The van der Waals surface area contributed by atoms with Crippen molar-refractivity contribution >= 4 is 23.8 Å². The van der Waals surface area contributed by atoms with Gasteiger partial charge in [-0.3, -0.25) is 9.69 Å². The van der Waals surface area contributed by atoms with Crippen molar-refractivity contribution in [1.29, 1.82) is 0 Å². The van der Waals surface area contributed by atoms with Crippen molar-refractivity contribution < 1.29 is 37.4 Å². The van der Waals surface area contributed by atoms with E-state index in [4.69, 9.17) is 14.2 Å². The van der Waals surface area contributed by atoms with Crippen LogP contribution in [0.2, 0.25) is 0 Å². The Morgan fingerprint density at radius 3 is 2.29 bits per heavy atom. The van der Waals surface area contributed by atoms with Gasteiger partial charge in [0.25, 0.3) is 0 Å². The molecule has 0 spiro atoms. The minimum absolute atomic E-state index is 0.0337. The molecular weight excluding hydrogens is 534 g/mol. The van der Waals surface area contributed by atoms with Gasteiger partial charge in [-0.15, -0.1) is 0 Å². The number of urea groups is 1. The van der Waals surface area contributed by atoms with E-state index in [1.807, 2.05) is 13.0 Å². The molecule has 0 aliphatic carbocycles. The average molecular weight is 575 g/mol. The van der Waals surface area contributed by atoms with Crippen LogP contribution in [0.25, 0.3) is 0 Å². The molecule has 0 fully saturated rings. The van der Waals surface area contributed by atoms with Crippen LogP contribution in [0.1, 0.15) is 66.0 Å². The van der Waals surface area contributed by atoms with Gasteiger partial charge in [-0.1, -0.05) is 13.0 Å². The number of rotatable bonds is 8. The highest BCUT2D eigenvalue weighted by Crippen LogP contribution is 2.33. The zero-order valence-corrected chi connectivity index (χ0v) is 24.9. The van der Waals surface area contributed by atoms with Crippen LogP contribution < -0.4 is 9.64 Å². The van der Waals surface area contributed by atoms with Gasteiger partial charge in [-0.2, -0.15) is 0 Å². The number of ether oxygens (including phenoxy) is 3. The zero-order valence-electron chi connectivity index (χ0n) is 24.9. The molecule has 0 saturated carbocycles. The summed E-state index contributed by atoms with van der Waals surface area (Å²) in [6, 6.07) is 8.28. The van der Waals surface area contributed by atoms with Gasteiger partial charge in [-0.25, -0.2) is 23.3 Å². The molecule has 3 amide bonds. The van der Waals surface area contributed by atoms with E-state index in [2.05, 4.69) is 0 Å². The predicted molar refractivity (Wildman–Crippen MR) is 151 cm³/mol. The molecule has 1 atom stereocenters. The van der Waals surface area contributed by atoms with Gasteiger partial charge in [0.2, 0.25) is 0 Å². The number of amides is 3. The SMILES string of the molecule is CC(COc1ccc2c(c1)CCN2C(=O)N(CCC(=O)OC(C)(C)C)C(=O)OC(C)(C)C)Cc1ccc(F)cc1F. The smallest absolute Gasteiger partial charge is 0.418 e. The van der Waals surface area contributed by atoms with Gasteiger partial charge in [0, 0.05) is 24.8 Å². The van der Waals surface area contributed by atoms with Crippen LogP contribution in [-0.4, -0.2) is 53.9 Å². The summed E-state index contributed by atoms with van der Waals surface area (Å²) in [5.41, 5.74) is 0.391. The maximum absolute atomic E-state index is 14.0. The van der Waals surface area contributed by atoms with Gasteiger partial charge in [0.05, 0.1) is 13.0 Å². The van der Waals surface area contributed by atoms with Crippen molar-refractivity contribution in [3.63, 3.8) is 0 Å². The Labute approximate surface area is 240 Å². The molecule has 1 aliphatic heterocycles. The van der Waals surface area contributed by atoms with E-state index in [0.717, 1.165) is 16.5 Å². The monoisotopic (exact) mass is 574 g/mol. The lowest BCUT2D eigenvalue weighted by molar-refractivity contribution is -0.154. The van der Waals surface area contributed by atoms with E-state index in [1.165, 1.54) is 17.0 Å². The normalized spacial score (nSPS) is 13.8. The number of imide groups is 1. The Kier molecular flexibility index (Phi) is 9.99. The van der Waals surface area contributed by atoms with Gasteiger partial charge in [0.1, 0.15) is 28.6 Å². The Bertz CT molecular complexity index is 1270. The fourth-order valence-corrected chi connectivity index (χ4v) is 4.35. The minimum atomic E-state index is -0.842. The van der Waals surface area contributed by atoms with E-state index in [0.29, 0.717) is 43.0 Å². The third kappa shape index (κ3) is 9.43. The first-order valence-electron chi connectivity index (χ1n) is 13.8. The predicted octanol–water partition coefficient (Wildman–Crippen LogP) is 6.67. The molecule has 1 aliphatic rings. The van der Waals surface area contributed by atoms with Crippen LogP contribution in [0.15, 0.2) is 36.4 Å². The number of fused-ring (bicyclic) bond motifs is 1. The van der Waals surface area contributed by atoms with Crippen molar-refractivity contribution in [2.24, 2.45) is 5.92 Å². The van der Waals surface area contributed by atoms with Gasteiger partial charge in [-0.05, 0) is 95.7 Å². The van der Waals surface area contributed by atoms with Crippen LogP contribution in [0.5, 0.6) is 5.75 Å². The van der Waals surface area contributed by atoms with Crippen molar-refractivity contribution in [3.8, 4) is 5.75 Å². The summed E-state index contributed by atoms with van der Waals surface area (Å²) in [6.07, 6.45) is -0.0760. The minimum Gasteiger partial charge on any atom is -0.493 e. The molecule has 0 radical (unpaired) electrons. The van der Waals surface area contributed by atoms with Crippen LogP contribution in [-0.2, 0) is 27.1 Å². The number of anilines is 1. The second kappa shape index (κ2) is 12.9. The summed E-state index contributed by atoms with van der Waals surface area (Å²) in [5.74, 6) is -1.16. The van der Waals surface area contributed by atoms with E-state index in [-0.39, 0.29) is 18.9 Å². The first kappa shape index (κ1) is 31.8. The highest BCUT2D eigenvalue weighted by Gasteiger charge is 2.35. The summed E-state index contributed by atoms with van der Waals surface area (Å²) in [5, 5.41) is 0. The number of hydrogen-bond donors (Lipinski definition) is 0. The quantitative estimate of drug-likeness (QED) is 0.327. The Balaban J connectivity index is 1.68. The molecule has 0 N–H and O–H groups in total. The molecule has 0 aromatic heterocycles. The largest absolute Gasteiger partial charge is 0.493 e. The summed E-state index contributed by atoms with van der Waals surface area (Å²) in [4.78, 5) is 41.3. The number of nitrogens with zero attached hydrogens (tertiary/aromatic N) is 2. The fraction of sp³-hybridized carbons (Fsp3) is 0.516. The third-order valence-corrected chi connectivity index (χ3v) is 6.10. The van der Waals surface area contributed by atoms with Crippen molar-refractivity contribution in [1.82, 2.24) is 4.90 Å². The molecule has 1 unspecified atom stereocenters. The second-order valence-electron chi connectivity index (χ2n) is 12.3. The van der Waals surface area contributed by atoms with Crippen molar-refractivity contribution in [3.05, 3.63) is 59.2 Å². The molecule has 10 heteroatoms. The lowest BCUT2D eigenvalue weighted by atomic mass is 10.0. The van der Waals surface area contributed by atoms with Crippen LogP contribution in [0, 0.1) is 17.6 Å². The van der Waals surface area contributed by atoms with E-state index in [9.17, 15) is 23.2 Å². The number of benzene rings is 2. The third-order valence-electron chi connectivity index (χ3n) is 6.10. The Morgan fingerprint density at radius 1 is 0.976 bits per heavy atom. The van der Waals surface area contributed by atoms with E-state index < -0.39 is 40.9 Å². The summed E-state index contributed by atoms with van der Waals surface area (Å²) >= 11 is 0. The Morgan fingerprint density at radius 2 is 1.66 bits per heavy atom. The topological polar surface area (TPSA) is 85.4 Å². The number of carbonyl (C=O) groups excluding carboxylic acids is 3. The number of halogens is 2. The standard InChI is InChI=1S/C31H40F2N2O6/c1-20(16-21-8-9-23(32)18-25(21)33)19-39-24-10-11-26-22(17-24)12-14-34(26)28(37)35(29(38)41-31(5,6)7)15-13-27(36)40-30(2,3)4/h8-11,17-18,20H,12-16,19H2,1-7H3. The summed E-state index contributed by atoms with van der Waals surface area (Å²) in [6.45, 7) is 12.7. The summed E-state index contributed by atoms with van der Waals surface area (Å²) < 4.78 is 43.9. The average Bonchev–Trinajstić information content (AvgIpc) is 3.25. The lowest BCUT2D eigenvalue weighted by Crippen LogP contribution is -2.48. The molecule has 0 saturated heterocycles. The molecule has 3 rings (SSSR count). The number of hydrogen-bond acceptors (Lipinski definition) is 6. The van der Waals surface area contributed by atoms with Gasteiger partial charge in [0.15, 0.2) is 0 Å². The maximum Gasteiger partial charge on any atom is 0.418 e. The fourth-order valence-electron chi connectivity index (χ4n) is 4.35. The second-order valence-corrected chi connectivity index (χ2v) is 12.3. The molecule has 224 valence electrons. The number of esters is 1. The lowest BCUT2D eigenvalue weighted by Gasteiger charge is -2.29. The number of carbonyl (C=O) groups is 3. The van der Waals surface area contributed by atoms with Crippen LogP contribution in [0.4, 0.5) is 24.1 Å². The van der Waals surface area contributed by atoms with Crippen LogP contribution in [0.3, 0.4) is 0 Å². The Hall–Kier alpha value is -3.69. The molecular formula is C31H40F2N2O6. The molecule has 2 aromatic carbocycles. The summed E-state index contributed by atoms with van der Waals surface area (Å²) in [7, 11) is 0. The molecule has 2 aromatic rings. The first-order valence-corrected chi connectivity index (χ1v) is 13.8. The highest BCUT2D eigenvalue weighted by molar-refractivity contribution is 6.02. The van der Waals surface area contributed by atoms with Crippen molar-refractivity contribution in [2.45, 2.75) is 78.9 Å². The van der Waals surface area contributed by atoms with Crippen LogP contribution >= 0.6 is 0 Å².